The van der Waals surface area contributed by atoms with Crippen LogP contribution in [0.1, 0.15) is 30.9 Å². The Morgan fingerprint density at radius 2 is 1.79 bits per heavy atom. The Kier molecular flexibility index (Phi) is 4.79. The van der Waals surface area contributed by atoms with E-state index in [-0.39, 0.29) is 17.2 Å². The molecule has 2 aliphatic rings. The van der Waals surface area contributed by atoms with Crippen LogP contribution < -0.4 is 5.73 Å². The highest BCUT2D eigenvalue weighted by Gasteiger charge is 2.55. The molecule has 0 bridgehead atoms. The minimum absolute atomic E-state index is 0.0287. The van der Waals surface area contributed by atoms with Gasteiger partial charge in [-0.2, -0.15) is 15.8 Å². The molecule has 5 nitrogen and oxygen atoms in total. The Bertz CT molecular complexity index is 1140. The first-order chi connectivity index (χ1) is 14.1. The molecule has 0 spiro atoms. The number of halogens is 1. The number of hydrogen-bond acceptors (Lipinski definition) is 5. The quantitative estimate of drug-likeness (QED) is 0.674. The van der Waals surface area contributed by atoms with E-state index < -0.39 is 11.3 Å². The van der Waals surface area contributed by atoms with Gasteiger partial charge in [-0.3, -0.25) is 0 Å². The van der Waals surface area contributed by atoms with Crippen molar-refractivity contribution in [3.63, 3.8) is 0 Å². The SMILES string of the molecule is N#CC1=C(N)C(C#N)(C#N)C(c2ccc(-c3ccc(Br)cc3)o2)C2CCCC=C12. The highest BCUT2D eigenvalue weighted by atomic mass is 79.9. The lowest BCUT2D eigenvalue weighted by Gasteiger charge is -2.42. The average Bonchev–Trinajstić information content (AvgIpc) is 3.23. The monoisotopic (exact) mass is 444 g/mol. The van der Waals surface area contributed by atoms with Crippen molar-refractivity contribution < 1.29 is 4.42 Å². The van der Waals surface area contributed by atoms with Crippen LogP contribution in [-0.2, 0) is 0 Å². The summed E-state index contributed by atoms with van der Waals surface area (Å²) in [4.78, 5) is 0. The Morgan fingerprint density at radius 1 is 1.07 bits per heavy atom. The molecule has 0 radical (unpaired) electrons. The second-order valence-corrected chi connectivity index (χ2v) is 8.23. The van der Waals surface area contributed by atoms with Crippen LogP contribution in [0.2, 0.25) is 0 Å². The van der Waals surface area contributed by atoms with Crippen molar-refractivity contribution in [2.24, 2.45) is 17.1 Å². The predicted octanol–water partition coefficient (Wildman–Crippen LogP) is 5.30. The predicted molar refractivity (Wildman–Crippen MR) is 110 cm³/mol. The van der Waals surface area contributed by atoms with Gasteiger partial charge in [0, 0.05) is 10.0 Å². The third-order valence-electron chi connectivity index (χ3n) is 5.86. The number of nitrogens with zero attached hydrogens (tertiary/aromatic N) is 3. The van der Waals surface area contributed by atoms with Crippen molar-refractivity contribution in [3.8, 4) is 29.5 Å². The fourth-order valence-corrected chi connectivity index (χ4v) is 4.73. The molecule has 0 aliphatic heterocycles. The largest absolute Gasteiger partial charge is 0.461 e. The van der Waals surface area contributed by atoms with Gasteiger partial charge in [-0.25, -0.2) is 0 Å². The van der Waals surface area contributed by atoms with Crippen LogP contribution >= 0.6 is 15.9 Å². The van der Waals surface area contributed by atoms with Crippen LogP contribution in [0, 0.1) is 45.3 Å². The number of allylic oxidation sites excluding steroid dienone is 4. The number of nitriles is 3. The van der Waals surface area contributed by atoms with Crippen molar-refractivity contribution >= 4 is 15.9 Å². The van der Waals surface area contributed by atoms with Crippen LogP contribution in [0.15, 0.2) is 68.2 Å². The van der Waals surface area contributed by atoms with E-state index in [9.17, 15) is 15.8 Å². The molecule has 1 aromatic heterocycles. The van der Waals surface area contributed by atoms with Gasteiger partial charge < -0.3 is 10.2 Å². The lowest BCUT2D eigenvalue weighted by molar-refractivity contribution is 0.277. The first-order valence-electron chi connectivity index (χ1n) is 9.34. The smallest absolute Gasteiger partial charge is 0.194 e. The maximum Gasteiger partial charge on any atom is 0.194 e. The summed E-state index contributed by atoms with van der Waals surface area (Å²) in [5.41, 5.74) is 6.68. The van der Waals surface area contributed by atoms with Gasteiger partial charge in [0.2, 0.25) is 0 Å². The van der Waals surface area contributed by atoms with Crippen LogP contribution in [0.3, 0.4) is 0 Å². The van der Waals surface area contributed by atoms with Crippen molar-refractivity contribution in [2.45, 2.75) is 25.2 Å². The summed E-state index contributed by atoms with van der Waals surface area (Å²) in [6.45, 7) is 0. The molecule has 2 aromatic rings. The molecule has 2 atom stereocenters. The molecule has 2 unspecified atom stereocenters. The molecule has 1 heterocycles. The molecule has 142 valence electrons. The minimum Gasteiger partial charge on any atom is -0.461 e. The topological polar surface area (TPSA) is 111 Å². The maximum atomic E-state index is 10.0. The molecule has 4 rings (SSSR count). The van der Waals surface area contributed by atoms with Gasteiger partial charge in [0.05, 0.1) is 29.3 Å². The van der Waals surface area contributed by atoms with Crippen LogP contribution in [0.4, 0.5) is 0 Å². The zero-order valence-corrected chi connectivity index (χ0v) is 17.1. The first-order valence-corrected chi connectivity index (χ1v) is 10.1. The molecule has 6 heteroatoms. The number of benzene rings is 1. The summed E-state index contributed by atoms with van der Waals surface area (Å²) in [5, 5.41) is 29.8. The van der Waals surface area contributed by atoms with Crippen molar-refractivity contribution in [2.75, 3.05) is 0 Å². The molecule has 0 amide bonds. The average molecular weight is 445 g/mol. The van der Waals surface area contributed by atoms with Crippen molar-refractivity contribution in [1.29, 1.82) is 15.8 Å². The summed E-state index contributed by atoms with van der Waals surface area (Å²) in [5.74, 6) is 0.482. The molecule has 0 fully saturated rings. The normalized spacial score (nSPS) is 22.6. The highest BCUT2D eigenvalue weighted by Crippen LogP contribution is 2.56. The van der Waals surface area contributed by atoms with Gasteiger partial charge >= 0.3 is 0 Å². The number of hydrogen-bond donors (Lipinski definition) is 1. The van der Waals surface area contributed by atoms with Gasteiger partial charge in [0.25, 0.3) is 0 Å². The second-order valence-electron chi connectivity index (χ2n) is 7.32. The number of furan rings is 1. The van der Waals surface area contributed by atoms with E-state index in [0.717, 1.165) is 34.9 Å². The summed E-state index contributed by atoms with van der Waals surface area (Å²) in [6.07, 6.45) is 4.57. The summed E-state index contributed by atoms with van der Waals surface area (Å²) in [7, 11) is 0. The number of rotatable bonds is 2. The Hall–Kier alpha value is -3.27. The van der Waals surface area contributed by atoms with E-state index in [2.05, 4.69) is 34.1 Å². The molecule has 2 aliphatic carbocycles. The van der Waals surface area contributed by atoms with Crippen molar-refractivity contribution in [3.05, 3.63) is 69.6 Å². The van der Waals surface area contributed by atoms with E-state index in [0.29, 0.717) is 11.5 Å². The molecule has 2 N–H and O–H groups in total. The van der Waals surface area contributed by atoms with E-state index in [1.54, 1.807) is 0 Å². The van der Waals surface area contributed by atoms with Crippen molar-refractivity contribution in [1.82, 2.24) is 0 Å². The second kappa shape index (κ2) is 7.28. The molecule has 0 saturated heterocycles. The lowest BCUT2D eigenvalue weighted by Crippen LogP contribution is -2.42. The van der Waals surface area contributed by atoms with Crippen LogP contribution in [0.5, 0.6) is 0 Å². The number of fused-ring (bicyclic) bond motifs is 1. The third kappa shape index (κ3) is 2.87. The fraction of sp³-hybridized carbons (Fsp3) is 0.261. The molecular formula is C23H17BrN4O. The van der Waals surface area contributed by atoms with E-state index in [1.165, 1.54) is 0 Å². The summed E-state index contributed by atoms with van der Waals surface area (Å²) < 4.78 is 7.13. The van der Waals surface area contributed by atoms with Gasteiger partial charge in [0.1, 0.15) is 17.6 Å². The van der Waals surface area contributed by atoms with E-state index >= 15 is 0 Å². The number of nitrogens with two attached hydrogens (primary N) is 1. The Morgan fingerprint density at radius 3 is 2.45 bits per heavy atom. The zero-order valence-electron chi connectivity index (χ0n) is 15.5. The van der Waals surface area contributed by atoms with Crippen LogP contribution in [-0.4, -0.2) is 0 Å². The summed E-state index contributed by atoms with van der Waals surface area (Å²) in [6, 6.07) is 17.8. The van der Waals surface area contributed by atoms with Gasteiger partial charge in [-0.05, 0) is 55.0 Å². The lowest BCUT2D eigenvalue weighted by atomic mass is 9.58. The Balaban J connectivity index is 1.89. The third-order valence-corrected chi connectivity index (χ3v) is 6.39. The van der Waals surface area contributed by atoms with Gasteiger partial charge in [-0.1, -0.05) is 34.1 Å². The van der Waals surface area contributed by atoms with E-state index in [4.69, 9.17) is 10.2 Å². The van der Waals surface area contributed by atoms with Crippen LogP contribution in [0.25, 0.3) is 11.3 Å². The minimum atomic E-state index is -1.64. The molecule has 0 saturated carbocycles. The molecule has 1 aromatic carbocycles. The fourth-order valence-electron chi connectivity index (χ4n) is 4.47. The molecule has 29 heavy (non-hydrogen) atoms. The highest BCUT2D eigenvalue weighted by molar-refractivity contribution is 9.10. The van der Waals surface area contributed by atoms with Gasteiger partial charge in [0.15, 0.2) is 5.41 Å². The summed E-state index contributed by atoms with van der Waals surface area (Å²) >= 11 is 3.42. The molecular weight excluding hydrogens is 428 g/mol. The standard InChI is InChI=1S/C23H17BrN4O/c24-15-7-5-14(6-8-15)19-9-10-20(29-19)21-17-4-2-1-3-16(17)18(11-25)22(28)23(21,12-26)13-27/h3,5-10,17,21H,1-2,4,28H2. The Labute approximate surface area is 177 Å². The van der Waals surface area contributed by atoms with E-state index in [1.807, 2.05) is 42.5 Å². The maximum absolute atomic E-state index is 10.0. The zero-order chi connectivity index (χ0) is 20.6. The van der Waals surface area contributed by atoms with Gasteiger partial charge in [-0.15, -0.1) is 0 Å². The first kappa shape index (κ1) is 19.1.